The Hall–Kier alpha value is -1.30. The third-order valence-corrected chi connectivity index (χ3v) is 2.26. The molecule has 0 saturated carbocycles. The topological polar surface area (TPSA) is 0 Å². The van der Waals surface area contributed by atoms with E-state index in [-0.39, 0.29) is 14.9 Å². The number of allylic oxidation sites excluding steroid dienone is 3. The summed E-state index contributed by atoms with van der Waals surface area (Å²) in [5, 5.41) is 0. The Balaban J connectivity index is 0. The first-order valence-corrected chi connectivity index (χ1v) is 5.08. The molecule has 0 spiro atoms. The molecule has 0 bridgehead atoms. The third-order valence-electron chi connectivity index (χ3n) is 2.26. The molecule has 0 atom stereocenters. The van der Waals surface area contributed by atoms with E-state index in [0.29, 0.717) is 0 Å². The van der Waals surface area contributed by atoms with E-state index < -0.39 is 0 Å². The molecule has 0 amide bonds. The second kappa shape index (κ2) is 8.96. The molecule has 0 aliphatic heterocycles. The first-order valence-electron chi connectivity index (χ1n) is 5.08. The van der Waals surface area contributed by atoms with Crippen LogP contribution in [0, 0.1) is 6.92 Å². The monoisotopic (exact) mass is 218 g/mol. The number of rotatable bonds is 4. The van der Waals surface area contributed by atoms with Crippen molar-refractivity contribution in [3.63, 3.8) is 0 Å². The zero-order chi connectivity index (χ0) is 10.4. The minimum atomic E-state index is 0. The molecular formula is C16H26. The molecule has 1 aromatic carbocycles. The van der Waals surface area contributed by atoms with Crippen LogP contribution in [0.2, 0.25) is 0 Å². The predicted molar refractivity (Wildman–Crippen MR) is 76.9 cm³/mol. The van der Waals surface area contributed by atoms with Gasteiger partial charge in [-0.05, 0) is 32.3 Å². The summed E-state index contributed by atoms with van der Waals surface area (Å²) in [7, 11) is 0. The zero-order valence-corrected chi connectivity index (χ0v) is 9.09. The summed E-state index contributed by atoms with van der Waals surface area (Å²) in [5.41, 5.74) is 3.91. The highest BCUT2D eigenvalue weighted by atomic mass is 14.0. The fourth-order valence-corrected chi connectivity index (χ4v) is 1.38. The van der Waals surface area contributed by atoms with Crippen LogP contribution in [0.15, 0.2) is 48.6 Å². The van der Waals surface area contributed by atoms with E-state index in [1.165, 1.54) is 16.7 Å². The number of aryl methyl sites for hydroxylation is 2. The van der Waals surface area contributed by atoms with Crippen LogP contribution in [-0.4, -0.2) is 0 Å². The molecule has 0 saturated heterocycles. The highest BCUT2D eigenvalue weighted by Crippen LogP contribution is 2.09. The average Bonchev–Trinajstić information content (AvgIpc) is 2.17. The highest BCUT2D eigenvalue weighted by molar-refractivity contribution is 5.23. The van der Waals surface area contributed by atoms with Gasteiger partial charge in [-0.15, -0.1) is 0 Å². The Kier molecular flexibility index (Phi) is 9.58. The van der Waals surface area contributed by atoms with Crippen LogP contribution < -0.4 is 0 Å². The van der Waals surface area contributed by atoms with Crippen molar-refractivity contribution in [2.45, 2.75) is 41.5 Å². The fourth-order valence-electron chi connectivity index (χ4n) is 1.38. The standard InChI is InChI=1S/C14H18.2CH4/c1-4-5-12(2)6-9-14-10-7-13(3)8-11-14;;/h4-5,7-8,10-11H,2,6,9H2,1,3H3;2*1H4/b5-4-;;. The smallest absolute Gasteiger partial charge is 0.0238 e. The van der Waals surface area contributed by atoms with Gasteiger partial charge in [0.2, 0.25) is 0 Å². The molecule has 0 aliphatic rings. The van der Waals surface area contributed by atoms with E-state index in [4.69, 9.17) is 0 Å². The summed E-state index contributed by atoms with van der Waals surface area (Å²) >= 11 is 0. The molecule has 90 valence electrons. The van der Waals surface area contributed by atoms with Crippen LogP contribution in [0.5, 0.6) is 0 Å². The molecule has 1 aromatic rings. The summed E-state index contributed by atoms with van der Waals surface area (Å²) in [4.78, 5) is 0. The van der Waals surface area contributed by atoms with E-state index in [1.54, 1.807) is 0 Å². The normalized spacial score (nSPS) is 9.38. The SMILES string of the molecule is C.C.C=C(/C=C\C)CCc1ccc(C)cc1. The van der Waals surface area contributed by atoms with Crippen molar-refractivity contribution < 1.29 is 0 Å². The number of benzene rings is 1. The van der Waals surface area contributed by atoms with Crippen molar-refractivity contribution in [2.75, 3.05) is 0 Å². The average molecular weight is 218 g/mol. The lowest BCUT2D eigenvalue weighted by Gasteiger charge is -2.01. The van der Waals surface area contributed by atoms with Gasteiger partial charge in [-0.25, -0.2) is 0 Å². The van der Waals surface area contributed by atoms with Crippen molar-refractivity contribution >= 4 is 0 Å². The summed E-state index contributed by atoms with van der Waals surface area (Å²) in [6, 6.07) is 8.71. The van der Waals surface area contributed by atoms with Gasteiger partial charge in [-0.2, -0.15) is 0 Å². The molecule has 0 N–H and O–H groups in total. The highest BCUT2D eigenvalue weighted by Gasteiger charge is 1.93. The van der Waals surface area contributed by atoms with Gasteiger partial charge < -0.3 is 0 Å². The van der Waals surface area contributed by atoms with E-state index >= 15 is 0 Å². The van der Waals surface area contributed by atoms with Crippen LogP contribution in [0.1, 0.15) is 39.3 Å². The second-order valence-electron chi connectivity index (χ2n) is 3.64. The van der Waals surface area contributed by atoms with Crippen molar-refractivity contribution in [3.8, 4) is 0 Å². The van der Waals surface area contributed by atoms with Gasteiger partial charge in [0.1, 0.15) is 0 Å². The maximum atomic E-state index is 3.99. The minimum Gasteiger partial charge on any atom is -0.0958 e. The molecular weight excluding hydrogens is 192 g/mol. The zero-order valence-electron chi connectivity index (χ0n) is 9.09. The molecule has 0 unspecified atom stereocenters. The van der Waals surface area contributed by atoms with Crippen LogP contribution in [0.25, 0.3) is 0 Å². The predicted octanol–water partition coefficient (Wildman–Crippen LogP) is 5.33. The van der Waals surface area contributed by atoms with Gasteiger partial charge in [-0.1, -0.05) is 69.0 Å². The molecule has 0 nitrogen and oxygen atoms in total. The van der Waals surface area contributed by atoms with E-state index in [0.717, 1.165) is 12.8 Å². The van der Waals surface area contributed by atoms with E-state index in [2.05, 4.69) is 43.8 Å². The van der Waals surface area contributed by atoms with Crippen molar-refractivity contribution in [1.29, 1.82) is 0 Å². The maximum absolute atomic E-state index is 3.99. The van der Waals surface area contributed by atoms with Crippen molar-refractivity contribution in [2.24, 2.45) is 0 Å². The second-order valence-corrected chi connectivity index (χ2v) is 3.64. The van der Waals surface area contributed by atoms with Crippen molar-refractivity contribution in [3.05, 3.63) is 59.7 Å². The van der Waals surface area contributed by atoms with Crippen LogP contribution >= 0.6 is 0 Å². The first kappa shape index (κ1) is 17.1. The molecule has 0 aromatic heterocycles. The quantitative estimate of drug-likeness (QED) is 0.599. The molecule has 0 heteroatoms. The summed E-state index contributed by atoms with van der Waals surface area (Å²) in [6.45, 7) is 8.13. The molecule has 0 fully saturated rings. The molecule has 0 heterocycles. The lowest BCUT2D eigenvalue weighted by Crippen LogP contribution is -1.86. The summed E-state index contributed by atoms with van der Waals surface area (Å²) < 4.78 is 0. The summed E-state index contributed by atoms with van der Waals surface area (Å²) in [5.74, 6) is 0. The Morgan fingerprint density at radius 1 is 1.19 bits per heavy atom. The fraction of sp³-hybridized carbons (Fsp3) is 0.375. The Labute approximate surface area is 102 Å². The Bertz CT molecular complexity index is 314. The van der Waals surface area contributed by atoms with Gasteiger partial charge in [0.25, 0.3) is 0 Å². The maximum Gasteiger partial charge on any atom is -0.0238 e. The van der Waals surface area contributed by atoms with Gasteiger partial charge >= 0.3 is 0 Å². The molecule has 16 heavy (non-hydrogen) atoms. The van der Waals surface area contributed by atoms with Gasteiger partial charge in [0.15, 0.2) is 0 Å². The third kappa shape index (κ3) is 6.23. The number of hydrogen-bond acceptors (Lipinski definition) is 0. The van der Waals surface area contributed by atoms with Crippen LogP contribution in [0.3, 0.4) is 0 Å². The molecule has 0 radical (unpaired) electrons. The lowest BCUT2D eigenvalue weighted by atomic mass is 10.0. The minimum absolute atomic E-state index is 0. The van der Waals surface area contributed by atoms with Crippen molar-refractivity contribution in [1.82, 2.24) is 0 Å². The first-order chi connectivity index (χ1) is 6.72. The Morgan fingerprint density at radius 3 is 2.25 bits per heavy atom. The van der Waals surface area contributed by atoms with Crippen LogP contribution in [-0.2, 0) is 6.42 Å². The van der Waals surface area contributed by atoms with Gasteiger partial charge in [0, 0.05) is 0 Å². The summed E-state index contributed by atoms with van der Waals surface area (Å²) in [6.07, 6.45) is 6.25. The lowest BCUT2D eigenvalue weighted by molar-refractivity contribution is 0.967. The van der Waals surface area contributed by atoms with Gasteiger partial charge in [0.05, 0.1) is 0 Å². The number of hydrogen-bond donors (Lipinski definition) is 0. The van der Waals surface area contributed by atoms with Gasteiger partial charge in [-0.3, -0.25) is 0 Å². The van der Waals surface area contributed by atoms with E-state index in [1.807, 2.05) is 13.0 Å². The molecule has 0 aliphatic carbocycles. The van der Waals surface area contributed by atoms with E-state index in [9.17, 15) is 0 Å². The molecule has 1 rings (SSSR count). The van der Waals surface area contributed by atoms with Crippen LogP contribution in [0.4, 0.5) is 0 Å². The largest absolute Gasteiger partial charge is 0.0958 e. The Morgan fingerprint density at radius 2 is 1.75 bits per heavy atom.